The van der Waals surface area contributed by atoms with Gasteiger partial charge in [-0.25, -0.2) is 0 Å². The fraction of sp³-hybridized carbons (Fsp3) is 0. The van der Waals surface area contributed by atoms with Crippen LogP contribution in [0.5, 0.6) is 0 Å². The molecular formula is C12H12LiO2Si+. The van der Waals surface area contributed by atoms with Crippen LogP contribution < -0.4 is 29.2 Å². The Morgan fingerprint density at radius 2 is 0.938 bits per heavy atom. The van der Waals surface area contributed by atoms with Crippen LogP contribution in [0.4, 0.5) is 0 Å². The Hall–Kier alpha value is -0.826. The Balaban J connectivity index is 0.00000128. The molecule has 0 aliphatic carbocycles. The van der Waals surface area contributed by atoms with Crippen LogP contribution in [0, 0.1) is 0 Å². The van der Waals surface area contributed by atoms with Crippen molar-refractivity contribution in [3.05, 3.63) is 60.7 Å². The number of hydrogen-bond donors (Lipinski definition) is 2. The molecule has 0 radical (unpaired) electrons. The summed E-state index contributed by atoms with van der Waals surface area (Å²) < 4.78 is 0. The maximum Gasteiger partial charge on any atom is 1.00 e. The van der Waals surface area contributed by atoms with Crippen molar-refractivity contribution in [3.8, 4) is 0 Å². The molecule has 0 saturated carbocycles. The average Bonchev–Trinajstić information content (AvgIpc) is 2.31. The van der Waals surface area contributed by atoms with E-state index in [0.29, 0.717) is 10.4 Å². The Kier molecular flexibility index (Phi) is 4.54. The van der Waals surface area contributed by atoms with Gasteiger partial charge in [0.2, 0.25) is 0 Å². The minimum Gasteiger partial charge on any atom is -0.404 e. The van der Waals surface area contributed by atoms with Crippen LogP contribution in [0.2, 0.25) is 0 Å². The van der Waals surface area contributed by atoms with Gasteiger partial charge in [-0.1, -0.05) is 60.7 Å². The Morgan fingerprint density at radius 3 is 1.25 bits per heavy atom. The van der Waals surface area contributed by atoms with Gasteiger partial charge in [0.25, 0.3) is 0 Å². The molecule has 2 nitrogen and oxygen atoms in total. The SMILES string of the molecule is O[Si](O)(c1ccccc1)c1ccccc1.[Li+]. The van der Waals surface area contributed by atoms with Crippen LogP contribution in [-0.4, -0.2) is 18.2 Å². The minimum absolute atomic E-state index is 0. The second-order valence-electron chi connectivity index (χ2n) is 3.40. The van der Waals surface area contributed by atoms with Crippen molar-refractivity contribution >= 4 is 18.9 Å². The Bertz CT molecular complexity index is 390. The van der Waals surface area contributed by atoms with Gasteiger partial charge in [0.15, 0.2) is 0 Å². The Morgan fingerprint density at radius 1 is 0.625 bits per heavy atom. The fourth-order valence-corrected chi connectivity index (χ4v) is 3.16. The quantitative estimate of drug-likeness (QED) is 0.541. The molecule has 0 saturated heterocycles. The van der Waals surface area contributed by atoms with Gasteiger partial charge < -0.3 is 9.59 Å². The van der Waals surface area contributed by atoms with Gasteiger partial charge in [0.1, 0.15) is 0 Å². The molecule has 16 heavy (non-hydrogen) atoms. The predicted molar refractivity (Wildman–Crippen MR) is 62.3 cm³/mol. The van der Waals surface area contributed by atoms with Crippen LogP contribution in [0.15, 0.2) is 60.7 Å². The van der Waals surface area contributed by atoms with Gasteiger partial charge >= 0.3 is 27.4 Å². The van der Waals surface area contributed by atoms with Crippen molar-refractivity contribution in [1.29, 1.82) is 0 Å². The summed E-state index contributed by atoms with van der Waals surface area (Å²) in [6.07, 6.45) is 0. The van der Waals surface area contributed by atoms with E-state index in [-0.39, 0.29) is 18.9 Å². The molecule has 0 bridgehead atoms. The van der Waals surface area contributed by atoms with Gasteiger partial charge in [-0.3, -0.25) is 0 Å². The molecule has 4 heteroatoms. The molecule has 2 rings (SSSR count). The van der Waals surface area contributed by atoms with E-state index in [2.05, 4.69) is 0 Å². The second kappa shape index (κ2) is 5.49. The summed E-state index contributed by atoms with van der Waals surface area (Å²) >= 11 is 0. The van der Waals surface area contributed by atoms with E-state index in [9.17, 15) is 9.59 Å². The van der Waals surface area contributed by atoms with Crippen molar-refractivity contribution in [2.75, 3.05) is 0 Å². The fourth-order valence-electron chi connectivity index (χ4n) is 1.51. The zero-order chi connectivity index (χ0) is 10.7. The van der Waals surface area contributed by atoms with E-state index >= 15 is 0 Å². The normalized spacial score (nSPS) is 10.6. The molecule has 0 aliphatic rings. The minimum atomic E-state index is -3.46. The maximum absolute atomic E-state index is 10.2. The van der Waals surface area contributed by atoms with E-state index < -0.39 is 8.56 Å². The second-order valence-corrected chi connectivity index (χ2v) is 5.90. The van der Waals surface area contributed by atoms with Crippen LogP contribution in [-0.2, 0) is 0 Å². The summed E-state index contributed by atoms with van der Waals surface area (Å²) in [6.45, 7) is 0. The smallest absolute Gasteiger partial charge is 0.404 e. The van der Waals surface area contributed by atoms with Gasteiger partial charge in [0, 0.05) is 0 Å². The van der Waals surface area contributed by atoms with Crippen molar-refractivity contribution in [1.82, 2.24) is 0 Å². The van der Waals surface area contributed by atoms with Crippen molar-refractivity contribution in [2.45, 2.75) is 0 Å². The number of rotatable bonds is 2. The van der Waals surface area contributed by atoms with Crippen LogP contribution in [0.1, 0.15) is 0 Å². The van der Waals surface area contributed by atoms with Crippen molar-refractivity contribution in [2.24, 2.45) is 0 Å². The Labute approximate surface area is 108 Å². The molecule has 2 N–H and O–H groups in total. The third-order valence-electron chi connectivity index (χ3n) is 2.35. The first-order valence-electron chi connectivity index (χ1n) is 4.77. The summed E-state index contributed by atoms with van der Waals surface area (Å²) in [5.74, 6) is 0. The number of benzene rings is 2. The summed E-state index contributed by atoms with van der Waals surface area (Å²) in [7, 11) is -3.46. The molecule has 0 heterocycles. The molecule has 0 aromatic heterocycles. The molecule has 2 aromatic rings. The van der Waals surface area contributed by atoms with Crippen LogP contribution >= 0.6 is 0 Å². The van der Waals surface area contributed by atoms with Gasteiger partial charge in [-0.05, 0) is 10.4 Å². The summed E-state index contributed by atoms with van der Waals surface area (Å²) in [5, 5.41) is 1.22. The first-order chi connectivity index (χ1) is 7.21. The molecule has 76 valence electrons. The monoisotopic (exact) mass is 223 g/mol. The third kappa shape index (κ3) is 2.64. The molecule has 0 atom stereocenters. The van der Waals surface area contributed by atoms with E-state index in [0.717, 1.165) is 0 Å². The van der Waals surface area contributed by atoms with Gasteiger partial charge in [0.05, 0.1) is 0 Å². The van der Waals surface area contributed by atoms with Gasteiger partial charge in [-0.2, -0.15) is 0 Å². The first-order valence-corrected chi connectivity index (χ1v) is 6.66. The first kappa shape index (κ1) is 13.2. The van der Waals surface area contributed by atoms with E-state index in [1.165, 1.54) is 0 Å². The molecular weight excluding hydrogens is 211 g/mol. The standard InChI is InChI=1S/C12H12O2Si.Li/c13-15(14,11-7-3-1-4-8-11)12-9-5-2-6-10-12;/h1-10,13-14H;/q;+1. The predicted octanol–water partition coefficient (Wildman–Crippen LogP) is -2.77. The molecule has 0 amide bonds. The van der Waals surface area contributed by atoms with Crippen LogP contribution in [0.25, 0.3) is 0 Å². The topological polar surface area (TPSA) is 40.5 Å². The maximum atomic E-state index is 10.2. The molecule has 2 aromatic carbocycles. The molecule has 0 fully saturated rings. The van der Waals surface area contributed by atoms with Crippen molar-refractivity contribution < 1.29 is 28.5 Å². The molecule has 0 unspecified atom stereocenters. The summed E-state index contributed by atoms with van der Waals surface area (Å²) in [4.78, 5) is 20.3. The van der Waals surface area contributed by atoms with Crippen molar-refractivity contribution in [3.63, 3.8) is 0 Å². The van der Waals surface area contributed by atoms with Gasteiger partial charge in [-0.15, -0.1) is 0 Å². The largest absolute Gasteiger partial charge is 1.00 e. The zero-order valence-corrected chi connectivity index (χ0v) is 10.2. The van der Waals surface area contributed by atoms with Crippen LogP contribution in [0.3, 0.4) is 0 Å². The summed E-state index contributed by atoms with van der Waals surface area (Å²) in [5.41, 5.74) is 0. The van der Waals surface area contributed by atoms with E-state index in [1.54, 1.807) is 24.3 Å². The summed E-state index contributed by atoms with van der Waals surface area (Å²) in [6, 6.07) is 18.0. The van der Waals surface area contributed by atoms with E-state index in [1.807, 2.05) is 36.4 Å². The van der Waals surface area contributed by atoms with E-state index in [4.69, 9.17) is 0 Å². The average molecular weight is 223 g/mol. The molecule has 0 aliphatic heterocycles. The zero-order valence-electron chi connectivity index (χ0n) is 9.17. The third-order valence-corrected chi connectivity index (χ3v) is 4.63. The number of hydrogen-bond acceptors (Lipinski definition) is 2. The molecule has 0 spiro atoms.